The van der Waals surface area contributed by atoms with Crippen molar-refractivity contribution in [2.24, 2.45) is 0 Å². The van der Waals surface area contributed by atoms with Crippen molar-refractivity contribution >= 4 is 23.2 Å². The number of carbonyl (C=O) groups excluding carboxylic acids is 1. The van der Waals surface area contributed by atoms with Crippen LogP contribution in [0.3, 0.4) is 0 Å². The van der Waals surface area contributed by atoms with Crippen LogP contribution in [0.4, 0.5) is 10.1 Å². The van der Waals surface area contributed by atoms with E-state index in [4.69, 9.17) is 11.6 Å². The van der Waals surface area contributed by atoms with Gasteiger partial charge in [0.05, 0.1) is 11.8 Å². The van der Waals surface area contributed by atoms with E-state index < -0.39 is 0 Å². The number of halogens is 2. The second-order valence-corrected chi connectivity index (χ2v) is 5.44. The van der Waals surface area contributed by atoms with E-state index in [0.717, 1.165) is 27.9 Å². The number of rotatable bonds is 2. The maximum Gasteiger partial charge on any atom is 0.228 e. The first kappa shape index (κ1) is 13.1. The lowest BCUT2D eigenvalue weighted by Crippen LogP contribution is -2.03. The van der Waals surface area contributed by atoms with Crippen molar-refractivity contribution in [2.45, 2.75) is 18.7 Å². The van der Waals surface area contributed by atoms with Gasteiger partial charge in [0.25, 0.3) is 0 Å². The minimum atomic E-state index is -0.350. The monoisotopic (exact) mass is 289 g/mol. The third-order valence-corrected chi connectivity index (χ3v) is 4.04. The topological polar surface area (TPSA) is 29.1 Å². The molecule has 0 aromatic heterocycles. The fourth-order valence-electron chi connectivity index (χ4n) is 2.51. The molecule has 3 rings (SSSR count). The van der Waals surface area contributed by atoms with Crippen LogP contribution >= 0.6 is 11.6 Å². The van der Waals surface area contributed by atoms with Crippen molar-refractivity contribution in [2.75, 3.05) is 5.32 Å². The highest BCUT2D eigenvalue weighted by atomic mass is 35.5. The van der Waals surface area contributed by atoms with Crippen molar-refractivity contribution in [3.8, 4) is 0 Å². The van der Waals surface area contributed by atoms with Crippen molar-refractivity contribution in [3.63, 3.8) is 0 Å². The zero-order chi connectivity index (χ0) is 14.3. The molecule has 1 amide bonds. The Balaban J connectivity index is 1.97. The zero-order valence-electron chi connectivity index (χ0n) is 10.9. The van der Waals surface area contributed by atoms with Gasteiger partial charge in [-0.2, -0.15) is 0 Å². The van der Waals surface area contributed by atoms with Gasteiger partial charge in [0, 0.05) is 5.69 Å². The number of amides is 1. The van der Waals surface area contributed by atoms with E-state index in [1.54, 1.807) is 6.07 Å². The van der Waals surface area contributed by atoms with Gasteiger partial charge < -0.3 is 5.32 Å². The van der Waals surface area contributed by atoms with Gasteiger partial charge in [-0.1, -0.05) is 18.2 Å². The first-order valence-corrected chi connectivity index (χ1v) is 6.81. The number of hydrogen-bond acceptors (Lipinski definition) is 1. The average molecular weight is 290 g/mol. The molecule has 20 heavy (non-hydrogen) atoms. The van der Waals surface area contributed by atoms with E-state index in [9.17, 15) is 9.18 Å². The first-order chi connectivity index (χ1) is 9.54. The van der Waals surface area contributed by atoms with Gasteiger partial charge in [0.1, 0.15) is 5.82 Å². The predicted octanol–water partition coefficient (Wildman–Crippen LogP) is 3.96. The Hall–Kier alpha value is -1.87. The average Bonchev–Trinajstić information content (AvgIpc) is 2.77. The molecule has 0 radical (unpaired) electrons. The van der Waals surface area contributed by atoms with Crippen LogP contribution in [0.5, 0.6) is 0 Å². The molecule has 0 saturated heterocycles. The Morgan fingerprint density at radius 3 is 2.80 bits per heavy atom. The van der Waals surface area contributed by atoms with Crippen molar-refractivity contribution in [1.82, 2.24) is 0 Å². The number of carbonyl (C=O) groups is 1. The Morgan fingerprint density at radius 2 is 2.05 bits per heavy atom. The smallest absolute Gasteiger partial charge is 0.228 e. The molecule has 2 aromatic carbocycles. The first-order valence-electron chi connectivity index (χ1n) is 6.37. The molecule has 2 aromatic rings. The SMILES string of the molecule is Cc1cc(F)ccc1C(Cl)c1ccc2c(c1)CC(=O)N2. The third-order valence-electron chi connectivity index (χ3n) is 3.55. The van der Waals surface area contributed by atoms with E-state index in [1.807, 2.05) is 25.1 Å². The number of fused-ring (bicyclic) bond motifs is 1. The molecule has 1 unspecified atom stereocenters. The van der Waals surface area contributed by atoms with E-state index in [2.05, 4.69) is 5.32 Å². The highest BCUT2D eigenvalue weighted by Gasteiger charge is 2.20. The normalized spacial score (nSPS) is 14.8. The largest absolute Gasteiger partial charge is 0.326 e. The molecular formula is C16H13ClFNO. The molecule has 102 valence electrons. The highest BCUT2D eigenvalue weighted by Crippen LogP contribution is 2.34. The van der Waals surface area contributed by atoms with E-state index in [1.165, 1.54) is 12.1 Å². The van der Waals surface area contributed by atoms with E-state index in [0.29, 0.717) is 6.42 Å². The predicted molar refractivity (Wildman–Crippen MR) is 77.6 cm³/mol. The van der Waals surface area contributed by atoms with Gasteiger partial charge in [-0.15, -0.1) is 11.6 Å². The van der Waals surface area contributed by atoms with Crippen LogP contribution in [0.25, 0.3) is 0 Å². The van der Waals surface area contributed by atoms with Gasteiger partial charge in [-0.3, -0.25) is 4.79 Å². The summed E-state index contributed by atoms with van der Waals surface area (Å²) < 4.78 is 13.1. The van der Waals surface area contributed by atoms with E-state index in [-0.39, 0.29) is 17.1 Å². The fourth-order valence-corrected chi connectivity index (χ4v) is 2.89. The highest BCUT2D eigenvalue weighted by molar-refractivity contribution is 6.22. The van der Waals surface area contributed by atoms with Crippen molar-refractivity contribution in [3.05, 3.63) is 64.5 Å². The Morgan fingerprint density at radius 1 is 1.25 bits per heavy atom. The van der Waals surface area contributed by atoms with Gasteiger partial charge in [-0.05, 0) is 47.4 Å². The molecule has 1 atom stereocenters. The van der Waals surface area contributed by atoms with Crippen LogP contribution in [0.15, 0.2) is 36.4 Å². The summed E-state index contributed by atoms with van der Waals surface area (Å²) in [6.07, 6.45) is 0.384. The molecule has 1 N–H and O–H groups in total. The molecule has 0 bridgehead atoms. The number of benzene rings is 2. The number of hydrogen-bond donors (Lipinski definition) is 1. The van der Waals surface area contributed by atoms with Crippen LogP contribution in [0.1, 0.15) is 27.6 Å². The summed E-state index contributed by atoms with van der Waals surface area (Å²) in [5, 5.41) is 2.44. The molecule has 1 aliphatic heterocycles. The quantitative estimate of drug-likeness (QED) is 0.833. The molecule has 4 heteroatoms. The number of alkyl halides is 1. The minimum Gasteiger partial charge on any atom is -0.326 e. The zero-order valence-corrected chi connectivity index (χ0v) is 11.7. The summed E-state index contributed by atoms with van der Waals surface area (Å²) in [4.78, 5) is 11.4. The Bertz CT molecular complexity index is 699. The Labute approximate surface area is 121 Å². The minimum absolute atomic E-state index is 0.00114. The second-order valence-electron chi connectivity index (χ2n) is 5.01. The van der Waals surface area contributed by atoms with Crippen LogP contribution in [-0.4, -0.2) is 5.91 Å². The molecule has 1 aliphatic rings. The second kappa shape index (κ2) is 4.91. The standard InChI is InChI=1S/C16H13ClFNO/c1-9-6-12(18)3-4-13(9)16(17)10-2-5-14-11(7-10)8-15(20)19-14/h2-7,16H,8H2,1H3,(H,19,20). The fraction of sp³-hybridized carbons (Fsp3) is 0.188. The maximum absolute atomic E-state index is 13.1. The number of nitrogens with one attached hydrogen (secondary N) is 1. The van der Waals surface area contributed by atoms with Gasteiger partial charge in [0.2, 0.25) is 5.91 Å². The molecule has 0 saturated carbocycles. The van der Waals surface area contributed by atoms with Crippen LogP contribution < -0.4 is 5.32 Å². The van der Waals surface area contributed by atoms with Gasteiger partial charge in [0.15, 0.2) is 0 Å². The number of anilines is 1. The van der Waals surface area contributed by atoms with E-state index >= 15 is 0 Å². The van der Waals surface area contributed by atoms with Crippen molar-refractivity contribution in [1.29, 1.82) is 0 Å². The van der Waals surface area contributed by atoms with Crippen LogP contribution in [0.2, 0.25) is 0 Å². The molecule has 1 heterocycles. The van der Waals surface area contributed by atoms with Gasteiger partial charge in [-0.25, -0.2) is 4.39 Å². The number of aryl methyl sites for hydroxylation is 1. The summed E-state index contributed by atoms with van der Waals surface area (Å²) in [5.41, 5.74) is 4.41. The summed E-state index contributed by atoms with van der Waals surface area (Å²) in [6.45, 7) is 1.84. The Kier molecular flexibility index (Phi) is 3.22. The molecular weight excluding hydrogens is 277 g/mol. The molecule has 0 fully saturated rings. The lowest BCUT2D eigenvalue weighted by atomic mass is 9.98. The molecule has 0 aliphatic carbocycles. The van der Waals surface area contributed by atoms with Crippen molar-refractivity contribution < 1.29 is 9.18 Å². The molecule has 2 nitrogen and oxygen atoms in total. The summed E-state index contributed by atoms with van der Waals surface area (Å²) in [5.74, 6) is -0.264. The van der Waals surface area contributed by atoms with Crippen LogP contribution in [-0.2, 0) is 11.2 Å². The molecule has 0 spiro atoms. The van der Waals surface area contributed by atoms with Crippen LogP contribution in [0, 0.1) is 12.7 Å². The lowest BCUT2D eigenvalue weighted by Gasteiger charge is -2.14. The third kappa shape index (κ3) is 2.29. The maximum atomic E-state index is 13.1. The summed E-state index contributed by atoms with van der Waals surface area (Å²) in [7, 11) is 0. The van der Waals surface area contributed by atoms with Gasteiger partial charge >= 0.3 is 0 Å². The lowest BCUT2D eigenvalue weighted by molar-refractivity contribution is -0.115. The summed E-state index contributed by atoms with van der Waals surface area (Å²) >= 11 is 6.50. The summed E-state index contributed by atoms with van der Waals surface area (Å²) in [6, 6.07) is 10.3.